The average Bonchev–Trinajstić information content (AvgIpc) is 2.72. The van der Waals surface area contributed by atoms with Crippen molar-refractivity contribution in [3.05, 3.63) is 52.1 Å². The minimum absolute atomic E-state index is 0.350. The second-order valence-corrected chi connectivity index (χ2v) is 7.63. The van der Waals surface area contributed by atoms with Crippen molar-refractivity contribution in [3.8, 4) is 17.0 Å². The fraction of sp³-hybridized carbons (Fsp3) is 0.360. The first kappa shape index (κ1) is 20.8. The Morgan fingerprint density at radius 3 is 2.21 bits per heavy atom. The summed E-state index contributed by atoms with van der Waals surface area (Å²) in [4.78, 5) is 5.02. The lowest BCUT2D eigenvalue weighted by molar-refractivity contribution is 0.467. The van der Waals surface area contributed by atoms with E-state index in [2.05, 4.69) is 0 Å². The van der Waals surface area contributed by atoms with Crippen LogP contribution in [0.15, 0.2) is 24.3 Å². The van der Waals surface area contributed by atoms with Gasteiger partial charge in [-0.05, 0) is 93.0 Å². The number of pyridine rings is 1. The molecule has 29 heavy (non-hydrogen) atoms. The van der Waals surface area contributed by atoms with Gasteiger partial charge in [-0.1, -0.05) is 13.8 Å². The van der Waals surface area contributed by atoms with Gasteiger partial charge in [0.05, 0.1) is 11.2 Å². The van der Waals surface area contributed by atoms with Gasteiger partial charge >= 0.3 is 0 Å². The summed E-state index contributed by atoms with van der Waals surface area (Å²) >= 11 is 0. The predicted molar refractivity (Wildman–Crippen MR) is 123 cm³/mol. The van der Waals surface area contributed by atoms with Gasteiger partial charge in [0.25, 0.3) is 0 Å². The Hall–Kier alpha value is -2.88. The molecule has 0 atom stereocenters. The van der Waals surface area contributed by atoms with E-state index in [0.717, 1.165) is 64.5 Å². The lowest BCUT2D eigenvalue weighted by atomic mass is 9.84. The number of hydrogen-bond acceptors (Lipinski definition) is 4. The molecule has 4 rings (SSSR count). The van der Waals surface area contributed by atoms with Crippen molar-refractivity contribution in [3.63, 3.8) is 0 Å². The maximum atomic E-state index is 10.2. The van der Waals surface area contributed by atoms with Crippen LogP contribution in [0.1, 0.15) is 61.4 Å². The monoisotopic (exact) mass is 389 g/mol. The summed E-state index contributed by atoms with van der Waals surface area (Å²) in [5.41, 5.74) is 15.4. The molecule has 0 fully saturated rings. The van der Waals surface area contributed by atoms with Gasteiger partial charge in [-0.3, -0.25) is 0 Å². The molecule has 1 heterocycles. The van der Waals surface area contributed by atoms with Crippen LogP contribution in [0, 0.1) is 19.3 Å². The zero-order chi connectivity index (χ0) is 21.3. The van der Waals surface area contributed by atoms with Gasteiger partial charge in [-0.25, -0.2) is 4.98 Å². The highest BCUT2D eigenvalue weighted by Crippen LogP contribution is 2.39. The van der Waals surface area contributed by atoms with Gasteiger partial charge in [-0.2, -0.15) is 0 Å². The summed E-state index contributed by atoms with van der Waals surface area (Å²) in [7, 11) is 0. The van der Waals surface area contributed by atoms with Crippen molar-refractivity contribution in [2.75, 3.05) is 5.73 Å². The number of phenols is 1. The summed E-state index contributed by atoms with van der Waals surface area (Å²) < 4.78 is 0. The highest BCUT2D eigenvalue weighted by Gasteiger charge is 2.23. The van der Waals surface area contributed by atoms with Crippen molar-refractivity contribution >= 4 is 22.3 Å². The number of aryl methyl sites for hydroxylation is 3. The van der Waals surface area contributed by atoms with Crippen molar-refractivity contribution < 1.29 is 5.11 Å². The molecule has 4 heteroatoms. The van der Waals surface area contributed by atoms with Crippen molar-refractivity contribution in [1.29, 1.82) is 5.41 Å². The number of benzene rings is 2. The Bertz CT molecular complexity index is 1080. The molecule has 0 saturated carbocycles. The SMILES string of the molecule is CC.CC(=N)c1c(N)ccc2nc(-c3cc(C)c(O)c(C)c3)c3c(c12)CCCC3. The largest absolute Gasteiger partial charge is 0.507 e. The van der Waals surface area contributed by atoms with Crippen LogP contribution in [0.3, 0.4) is 0 Å². The molecule has 0 spiro atoms. The van der Waals surface area contributed by atoms with E-state index in [-0.39, 0.29) is 0 Å². The third kappa shape index (κ3) is 3.59. The van der Waals surface area contributed by atoms with Crippen LogP contribution in [-0.2, 0) is 12.8 Å². The number of aromatic nitrogens is 1. The summed E-state index contributed by atoms with van der Waals surface area (Å²) in [6.07, 6.45) is 4.26. The molecule has 1 aliphatic rings. The Balaban J connectivity index is 0.00000117. The number of fused-ring (bicyclic) bond motifs is 3. The second-order valence-electron chi connectivity index (χ2n) is 7.63. The second kappa shape index (κ2) is 8.24. The maximum absolute atomic E-state index is 10.2. The van der Waals surface area contributed by atoms with Crippen LogP contribution in [0.2, 0.25) is 0 Å². The molecular formula is C25H31N3O. The summed E-state index contributed by atoms with van der Waals surface area (Å²) in [6, 6.07) is 7.86. The fourth-order valence-electron chi connectivity index (χ4n) is 4.37. The number of hydrogen-bond donors (Lipinski definition) is 3. The number of nitrogen functional groups attached to an aromatic ring is 1. The number of anilines is 1. The fourth-order valence-corrected chi connectivity index (χ4v) is 4.37. The van der Waals surface area contributed by atoms with E-state index in [1.807, 2.05) is 52.0 Å². The van der Waals surface area contributed by atoms with Gasteiger partial charge in [0, 0.05) is 27.9 Å². The molecule has 2 aromatic carbocycles. The molecule has 0 radical (unpaired) electrons. The molecule has 0 aliphatic heterocycles. The zero-order valence-electron chi connectivity index (χ0n) is 18.1. The summed E-state index contributed by atoms with van der Waals surface area (Å²) in [5.74, 6) is 0.350. The van der Waals surface area contributed by atoms with Gasteiger partial charge in [0.1, 0.15) is 5.75 Å². The topological polar surface area (TPSA) is 83.0 Å². The maximum Gasteiger partial charge on any atom is 0.121 e. The lowest BCUT2D eigenvalue weighted by Gasteiger charge is -2.24. The number of nitrogens with two attached hydrogens (primary N) is 1. The Morgan fingerprint density at radius 1 is 1.03 bits per heavy atom. The standard InChI is InChI=1S/C23H25N3O.C2H6/c1-12-10-15(11-13(2)23(12)27)22-17-7-5-4-6-16(17)21-19(26-22)9-8-18(25)20(21)14(3)24;1-2/h8-11,24,27H,4-7,25H2,1-3H3;1-2H3. The Kier molecular flexibility index (Phi) is 5.92. The molecule has 4 N–H and O–H groups in total. The number of nitrogens with zero attached hydrogens (tertiary/aromatic N) is 1. The van der Waals surface area contributed by atoms with E-state index < -0.39 is 0 Å². The van der Waals surface area contributed by atoms with E-state index in [4.69, 9.17) is 16.1 Å². The molecule has 0 amide bonds. The van der Waals surface area contributed by atoms with Gasteiger partial charge in [-0.15, -0.1) is 0 Å². The van der Waals surface area contributed by atoms with Crippen molar-refractivity contribution in [1.82, 2.24) is 4.98 Å². The molecule has 0 bridgehead atoms. The van der Waals surface area contributed by atoms with E-state index >= 15 is 0 Å². The molecule has 152 valence electrons. The zero-order valence-corrected chi connectivity index (χ0v) is 18.1. The number of rotatable bonds is 2. The van der Waals surface area contributed by atoms with Crippen LogP contribution in [-0.4, -0.2) is 15.8 Å². The van der Waals surface area contributed by atoms with Crippen molar-refractivity contribution in [2.45, 2.75) is 60.3 Å². The van der Waals surface area contributed by atoms with Crippen LogP contribution >= 0.6 is 0 Å². The van der Waals surface area contributed by atoms with E-state index in [9.17, 15) is 5.11 Å². The molecule has 0 saturated heterocycles. The highest BCUT2D eigenvalue weighted by molar-refractivity contribution is 6.13. The molecule has 4 nitrogen and oxygen atoms in total. The first-order chi connectivity index (χ1) is 13.9. The highest BCUT2D eigenvalue weighted by atomic mass is 16.3. The number of phenolic OH excluding ortho intramolecular Hbond substituents is 1. The first-order valence-corrected chi connectivity index (χ1v) is 10.5. The van der Waals surface area contributed by atoms with E-state index in [1.165, 1.54) is 11.1 Å². The first-order valence-electron chi connectivity index (χ1n) is 10.5. The number of nitrogens with one attached hydrogen (secondary N) is 1. The molecule has 3 aromatic rings. The molecule has 1 aliphatic carbocycles. The van der Waals surface area contributed by atoms with E-state index in [1.54, 1.807) is 6.92 Å². The average molecular weight is 390 g/mol. The van der Waals surface area contributed by atoms with Crippen LogP contribution in [0.5, 0.6) is 5.75 Å². The minimum atomic E-state index is 0.350. The molecule has 1 aromatic heterocycles. The van der Waals surface area contributed by atoms with Crippen molar-refractivity contribution in [2.24, 2.45) is 0 Å². The summed E-state index contributed by atoms with van der Waals surface area (Å²) in [6.45, 7) is 9.65. The summed E-state index contributed by atoms with van der Waals surface area (Å²) in [5, 5.41) is 19.4. The third-order valence-corrected chi connectivity index (χ3v) is 5.64. The smallest absolute Gasteiger partial charge is 0.121 e. The third-order valence-electron chi connectivity index (χ3n) is 5.64. The van der Waals surface area contributed by atoms with Crippen LogP contribution in [0.25, 0.3) is 22.2 Å². The lowest BCUT2D eigenvalue weighted by Crippen LogP contribution is -2.11. The van der Waals surface area contributed by atoms with E-state index in [0.29, 0.717) is 17.1 Å². The van der Waals surface area contributed by atoms with Gasteiger partial charge in [0.2, 0.25) is 0 Å². The van der Waals surface area contributed by atoms with Gasteiger partial charge in [0.15, 0.2) is 0 Å². The predicted octanol–water partition coefficient (Wildman–Crippen LogP) is 6.10. The van der Waals surface area contributed by atoms with Crippen LogP contribution < -0.4 is 5.73 Å². The minimum Gasteiger partial charge on any atom is -0.507 e. The Morgan fingerprint density at radius 2 is 1.62 bits per heavy atom. The van der Waals surface area contributed by atoms with Crippen LogP contribution in [0.4, 0.5) is 5.69 Å². The van der Waals surface area contributed by atoms with Gasteiger partial charge < -0.3 is 16.2 Å². The Labute approximate surface area is 173 Å². The normalized spacial score (nSPS) is 12.9. The molecular weight excluding hydrogens is 358 g/mol. The molecule has 0 unspecified atom stereocenters. The quantitative estimate of drug-likeness (QED) is 0.366. The number of aromatic hydroxyl groups is 1.